The number of carbonyl (C=O) groups excluding carboxylic acids is 2. The average molecular weight is 379 g/mol. The van der Waals surface area contributed by atoms with Crippen LogP contribution < -0.4 is 10.6 Å². The van der Waals surface area contributed by atoms with Gasteiger partial charge in [0.25, 0.3) is 0 Å². The molecule has 0 aliphatic carbocycles. The molecule has 1 atom stereocenters. The molecule has 3 heterocycles. The molecule has 2 N–H and O–H groups in total. The molecular formula is C19H34N6O2. The van der Waals surface area contributed by atoms with Gasteiger partial charge in [-0.1, -0.05) is 0 Å². The maximum Gasteiger partial charge on any atom is 0.224 e. The van der Waals surface area contributed by atoms with Gasteiger partial charge >= 0.3 is 0 Å². The molecule has 152 valence electrons. The van der Waals surface area contributed by atoms with E-state index in [1.54, 1.807) is 0 Å². The van der Waals surface area contributed by atoms with Gasteiger partial charge in [0.1, 0.15) is 0 Å². The zero-order valence-corrected chi connectivity index (χ0v) is 16.8. The molecule has 1 unspecified atom stereocenters. The molecule has 3 rings (SSSR count). The van der Waals surface area contributed by atoms with E-state index in [2.05, 4.69) is 34.4 Å². The van der Waals surface area contributed by atoms with Gasteiger partial charge in [-0.15, -0.1) is 0 Å². The predicted molar refractivity (Wildman–Crippen MR) is 106 cm³/mol. The van der Waals surface area contributed by atoms with Gasteiger partial charge in [-0.2, -0.15) is 0 Å². The largest absolute Gasteiger partial charge is 0.357 e. The Morgan fingerprint density at radius 3 is 2.67 bits per heavy atom. The standard InChI is InChI=1S/C19H34N6O2/c1-3-20-18(21-7-5-17(27)24-11-9-23(2)10-12-24)25-8-4-6-19(15-25)13-16(26)22-14-19/h3-15H2,1-2H3,(H,20,21)(H,22,26). The molecule has 3 saturated heterocycles. The van der Waals surface area contributed by atoms with E-state index in [0.717, 1.165) is 71.2 Å². The number of hydrogen-bond donors (Lipinski definition) is 2. The molecule has 0 aromatic carbocycles. The Hall–Kier alpha value is -1.83. The Balaban J connectivity index is 1.54. The third kappa shape index (κ3) is 5.12. The van der Waals surface area contributed by atoms with Crippen molar-refractivity contribution in [1.29, 1.82) is 0 Å². The maximum atomic E-state index is 12.4. The second-order valence-corrected chi connectivity index (χ2v) is 8.15. The Labute approximate surface area is 162 Å². The third-order valence-electron chi connectivity index (χ3n) is 5.94. The fraction of sp³-hybridized carbons (Fsp3) is 0.842. The summed E-state index contributed by atoms with van der Waals surface area (Å²) < 4.78 is 0. The number of amides is 2. The molecule has 2 amide bonds. The van der Waals surface area contributed by atoms with E-state index < -0.39 is 0 Å². The van der Waals surface area contributed by atoms with E-state index in [1.807, 2.05) is 4.90 Å². The summed E-state index contributed by atoms with van der Waals surface area (Å²) in [6.07, 6.45) is 3.23. The average Bonchev–Trinajstić information content (AvgIpc) is 3.01. The Kier molecular flexibility index (Phi) is 6.57. The van der Waals surface area contributed by atoms with Crippen molar-refractivity contribution in [3.63, 3.8) is 0 Å². The van der Waals surface area contributed by atoms with Crippen LogP contribution in [0.4, 0.5) is 0 Å². The van der Waals surface area contributed by atoms with Crippen LogP contribution in [-0.2, 0) is 9.59 Å². The number of aliphatic imine (C=N–C) groups is 1. The van der Waals surface area contributed by atoms with Crippen LogP contribution in [0.1, 0.15) is 32.6 Å². The van der Waals surface area contributed by atoms with Crippen molar-refractivity contribution >= 4 is 17.8 Å². The molecule has 3 aliphatic heterocycles. The lowest BCUT2D eigenvalue weighted by Crippen LogP contribution is -2.51. The number of guanidine groups is 1. The summed E-state index contributed by atoms with van der Waals surface area (Å²) in [7, 11) is 2.09. The molecule has 8 heteroatoms. The van der Waals surface area contributed by atoms with E-state index in [0.29, 0.717) is 19.4 Å². The van der Waals surface area contributed by atoms with Gasteiger partial charge < -0.3 is 25.3 Å². The Bertz CT molecular complexity index is 573. The van der Waals surface area contributed by atoms with Crippen molar-refractivity contribution in [2.24, 2.45) is 10.4 Å². The minimum absolute atomic E-state index is 0.0428. The van der Waals surface area contributed by atoms with Gasteiger partial charge in [0.15, 0.2) is 5.96 Å². The zero-order valence-electron chi connectivity index (χ0n) is 16.8. The molecule has 3 fully saturated rings. The highest BCUT2D eigenvalue weighted by atomic mass is 16.2. The molecule has 3 aliphatic rings. The second-order valence-electron chi connectivity index (χ2n) is 8.15. The Morgan fingerprint density at radius 2 is 2.00 bits per heavy atom. The molecule has 1 spiro atoms. The zero-order chi connectivity index (χ0) is 19.3. The first-order valence-corrected chi connectivity index (χ1v) is 10.3. The molecule has 0 radical (unpaired) electrons. The number of nitrogens with one attached hydrogen (secondary N) is 2. The minimum Gasteiger partial charge on any atom is -0.357 e. The van der Waals surface area contributed by atoms with E-state index >= 15 is 0 Å². The number of carbonyl (C=O) groups is 2. The summed E-state index contributed by atoms with van der Waals surface area (Å²) in [5.41, 5.74) is 0.0428. The van der Waals surface area contributed by atoms with Crippen LogP contribution in [0.3, 0.4) is 0 Å². The van der Waals surface area contributed by atoms with Crippen molar-refractivity contribution < 1.29 is 9.59 Å². The highest BCUT2D eigenvalue weighted by molar-refractivity contribution is 5.82. The summed E-state index contributed by atoms with van der Waals surface area (Å²) in [5, 5.41) is 6.36. The molecule has 0 saturated carbocycles. The summed E-state index contributed by atoms with van der Waals surface area (Å²) in [5.74, 6) is 1.24. The lowest BCUT2D eigenvalue weighted by atomic mass is 9.79. The number of piperazine rings is 1. The van der Waals surface area contributed by atoms with Crippen LogP contribution in [0.5, 0.6) is 0 Å². The summed E-state index contributed by atoms with van der Waals surface area (Å²) in [6, 6.07) is 0. The van der Waals surface area contributed by atoms with E-state index in [9.17, 15) is 9.59 Å². The SMILES string of the molecule is CCNC(=NCCC(=O)N1CCN(C)CC1)N1CCCC2(CNC(=O)C2)C1. The van der Waals surface area contributed by atoms with E-state index in [1.165, 1.54) is 0 Å². The van der Waals surface area contributed by atoms with Gasteiger partial charge in [0.05, 0.1) is 6.54 Å². The molecule has 8 nitrogen and oxygen atoms in total. The van der Waals surface area contributed by atoms with Crippen molar-refractivity contribution in [2.75, 3.05) is 66.0 Å². The molecule has 0 bridgehead atoms. The van der Waals surface area contributed by atoms with Gasteiger partial charge in [-0.3, -0.25) is 14.6 Å². The minimum atomic E-state index is 0.0428. The van der Waals surface area contributed by atoms with Crippen molar-refractivity contribution in [3.05, 3.63) is 0 Å². The van der Waals surface area contributed by atoms with Crippen molar-refractivity contribution in [2.45, 2.75) is 32.6 Å². The normalized spacial score (nSPS) is 27.2. The Morgan fingerprint density at radius 1 is 1.22 bits per heavy atom. The number of likely N-dealkylation sites (N-methyl/N-ethyl adjacent to an activating group) is 1. The molecule has 0 aromatic heterocycles. The topological polar surface area (TPSA) is 80.3 Å². The number of piperidine rings is 1. The maximum absolute atomic E-state index is 12.4. The molecule has 27 heavy (non-hydrogen) atoms. The van der Waals surface area contributed by atoms with Crippen LogP contribution in [0.2, 0.25) is 0 Å². The van der Waals surface area contributed by atoms with Gasteiger partial charge in [-0.05, 0) is 26.8 Å². The third-order valence-corrected chi connectivity index (χ3v) is 5.94. The molecule has 0 aromatic rings. The van der Waals surface area contributed by atoms with Crippen molar-refractivity contribution in [1.82, 2.24) is 25.3 Å². The van der Waals surface area contributed by atoms with Crippen LogP contribution in [0, 0.1) is 5.41 Å². The first-order valence-electron chi connectivity index (χ1n) is 10.3. The quantitative estimate of drug-likeness (QED) is 0.519. The number of likely N-dealkylation sites (tertiary alicyclic amines) is 1. The van der Waals surface area contributed by atoms with Crippen LogP contribution >= 0.6 is 0 Å². The van der Waals surface area contributed by atoms with E-state index in [-0.39, 0.29) is 17.2 Å². The molecular weight excluding hydrogens is 344 g/mol. The van der Waals surface area contributed by atoms with Crippen LogP contribution in [0.25, 0.3) is 0 Å². The number of nitrogens with zero attached hydrogens (tertiary/aromatic N) is 4. The second kappa shape index (κ2) is 8.91. The fourth-order valence-corrected chi connectivity index (χ4v) is 4.33. The van der Waals surface area contributed by atoms with Crippen LogP contribution in [0.15, 0.2) is 4.99 Å². The van der Waals surface area contributed by atoms with Crippen LogP contribution in [-0.4, -0.2) is 98.4 Å². The highest BCUT2D eigenvalue weighted by Crippen LogP contribution is 2.35. The first-order chi connectivity index (χ1) is 13.0. The summed E-state index contributed by atoms with van der Waals surface area (Å²) >= 11 is 0. The lowest BCUT2D eigenvalue weighted by molar-refractivity contribution is -0.132. The fourth-order valence-electron chi connectivity index (χ4n) is 4.33. The van der Waals surface area contributed by atoms with Crippen molar-refractivity contribution in [3.8, 4) is 0 Å². The summed E-state index contributed by atoms with van der Waals surface area (Å²) in [4.78, 5) is 35.3. The monoisotopic (exact) mass is 378 g/mol. The van der Waals surface area contributed by atoms with Gasteiger partial charge in [0.2, 0.25) is 11.8 Å². The summed E-state index contributed by atoms with van der Waals surface area (Å²) in [6.45, 7) is 9.46. The number of hydrogen-bond acceptors (Lipinski definition) is 4. The highest BCUT2D eigenvalue weighted by Gasteiger charge is 2.42. The van der Waals surface area contributed by atoms with Gasteiger partial charge in [0, 0.05) is 70.6 Å². The predicted octanol–water partition coefficient (Wildman–Crippen LogP) is -0.282. The number of rotatable bonds is 4. The van der Waals surface area contributed by atoms with Gasteiger partial charge in [-0.25, -0.2) is 0 Å². The lowest BCUT2D eigenvalue weighted by Gasteiger charge is -2.40. The smallest absolute Gasteiger partial charge is 0.224 e. The van der Waals surface area contributed by atoms with E-state index in [4.69, 9.17) is 4.99 Å². The first kappa shape index (κ1) is 19.9.